The topological polar surface area (TPSA) is 80.9 Å². The molecule has 5 nitrogen and oxygen atoms in total. The number of aryl methyl sites for hydroxylation is 1. The second-order valence-corrected chi connectivity index (χ2v) is 5.11. The van der Waals surface area contributed by atoms with Crippen LogP contribution in [0.25, 0.3) is 0 Å². The molecule has 3 N–H and O–H groups in total. The van der Waals surface area contributed by atoms with Gasteiger partial charge in [0.1, 0.15) is 11.7 Å². The first kappa shape index (κ1) is 13.6. The second-order valence-electron chi connectivity index (χ2n) is 3.88. The van der Waals surface area contributed by atoms with Crippen LogP contribution in [0.15, 0.2) is 30.3 Å². The summed E-state index contributed by atoms with van der Waals surface area (Å²) in [6, 6.07) is 9.17. The summed E-state index contributed by atoms with van der Waals surface area (Å²) in [5.41, 5.74) is 6.42. The molecule has 1 heterocycles. The zero-order valence-corrected chi connectivity index (χ0v) is 11.8. The molecular formula is C12H12N4OS2. The van der Waals surface area contributed by atoms with Crippen molar-refractivity contribution in [2.24, 2.45) is 5.73 Å². The van der Waals surface area contributed by atoms with Gasteiger partial charge in [0.2, 0.25) is 11.0 Å². The number of anilines is 1. The molecule has 98 valence electrons. The Balaban J connectivity index is 2.20. The Labute approximate surface area is 120 Å². The van der Waals surface area contributed by atoms with Crippen LogP contribution in [0.4, 0.5) is 5.13 Å². The van der Waals surface area contributed by atoms with E-state index in [1.54, 1.807) is 6.92 Å². The Kier molecular flexibility index (Phi) is 4.18. The van der Waals surface area contributed by atoms with Crippen LogP contribution in [0.1, 0.15) is 17.3 Å². The molecule has 0 spiro atoms. The number of thiocarbonyl (C=S) groups is 1. The first-order chi connectivity index (χ1) is 9.08. The maximum absolute atomic E-state index is 12.2. The van der Waals surface area contributed by atoms with Crippen molar-refractivity contribution in [3.05, 3.63) is 41.7 Å². The summed E-state index contributed by atoms with van der Waals surface area (Å²) in [5.74, 6) is -0.345. The number of carbonyl (C=O) groups is 1. The van der Waals surface area contributed by atoms with E-state index in [4.69, 9.17) is 18.0 Å². The predicted octanol–water partition coefficient (Wildman–Crippen LogP) is 1.85. The van der Waals surface area contributed by atoms with Crippen molar-refractivity contribution in [3.63, 3.8) is 0 Å². The monoisotopic (exact) mass is 292 g/mol. The van der Waals surface area contributed by atoms with E-state index in [1.165, 1.54) is 0 Å². The summed E-state index contributed by atoms with van der Waals surface area (Å²) >= 11 is 6.11. The van der Waals surface area contributed by atoms with Crippen molar-refractivity contribution in [1.82, 2.24) is 9.36 Å². The van der Waals surface area contributed by atoms with E-state index in [1.807, 2.05) is 30.3 Å². The van der Waals surface area contributed by atoms with Crippen LogP contribution < -0.4 is 11.1 Å². The lowest BCUT2D eigenvalue weighted by Gasteiger charge is -2.14. The molecule has 0 saturated heterocycles. The molecule has 0 aliphatic carbocycles. The van der Waals surface area contributed by atoms with Crippen LogP contribution in [-0.4, -0.2) is 20.3 Å². The van der Waals surface area contributed by atoms with Gasteiger partial charge in [-0.05, 0) is 12.5 Å². The molecule has 0 radical (unpaired) electrons. The van der Waals surface area contributed by atoms with E-state index in [0.29, 0.717) is 11.0 Å². The first-order valence-electron chi connectivity index (χ1n) is 5.53. The second kappa shape index (κ2) is 5.85. The smallest absolute Gasteiger partial charge is 0.240 e. The molecule has 1 unspecified atom stereocenters. The number of carbonyl (C=O) groups excluding carboxylic acids is 1. The van der Waals surface area contributed by atoms with Crippen LogP contribution >= 0.6 is 23.8 Å². The molecule has 0 aliphatic rings. The van der Waals surface area contributed by atoms with Crippen LogP contribution in [0.5, 0.6) is 0 Å². The third-order valence-electron chi connectivity index (χ3n) is 2.44. The Morgan fingerprint density at radius 1 is 1.42 bits per heavy atom. The highest BCUT2D eigenvalue weighted by Crippen LogP contribution is 2.19. The Morgan fingerprint density at radius 3 is 2.63 bits per heavy atom. The standard InChI is InChI=1S/C12H12N4OS2/c1-7-14-12(19-16-7)15-11(17)9(10(13)18)8-5-3-2-4-6-8/h2-6,9H,1H3,(H2,13,18)(H,14,15,16,17). The first-order valence-corrected chi connectivity index (χ1v) is 6.71. The number of nitrogens with two attached hydrogens (primary N) is 1. The van der Waals surface area contributed by atoms with Gasteiger partial charge in [-0.2, -0.15) is 4.37 Å². The van der Waals surface area contributed by atoms with Gasteiger partial charge in [0.15, 0.2) is 0 Å². The largest absolute Gasteiger partial charge is 0.392 e. The normalized spacial score (nSPS) is 11.8. The molecule has 0 saturated carbocycles. The van der Waals surface area contributed by atoms with Crippen molar-refractivity contribution in [2.45, 2.75) is 12.8 Å². The van der Waals surface area contributed by atoms with Crippen molar-refractivity contribution in [1.29, 1.82) is 0 Å². The molecule has 0 fully saturated rings. The summed E-state index contributed by atoms with van der Waals surface area (Å²) < 4.78 is 4.00. The number of hydrogen-bond acceptors (Lipinski definition) is 5. The van der Waals surface area contributed by atoms with E-state index < -0.39 is 5.92 Å². The van der Waals surface area contributed by atoms with Crippen LogP contribution in [0.3, 0.4) is 0 Å². The zero-order chi connectivity index (χ0) is 13.8. The zero-order valence-electron chi connectivity index (χ0n) is 10.2. The molecule has 0 bridgehead atoms. The molecule has 1 aromatic heterocycles. The predicted molar refractivity (Wildman–Crippen MR) is 79.2 cm³/mol. The molecule has 1 atom stereocenters. The van der Waals surface area contributed by atoms with Gasteiger partial charge >= 0.3 is 0 Å². The summed E-state index contributed by atoms with van der Waals surface area (Å²) in [5, 5.41) is 3.13. The van der Waals surface area contributed by atoms with E-state index in [-0.39, 0.29) is 10.9 Å². The summed E-state index contributed by atoms with van der Waals surface area (Å²) in [7, 11) is 0. The Morgan fingerprint density at radius 2 is 2.11 bits per heavy atom. The molecule has 1 aromatic carbocycles. The lowest BCUT2D eigenvalue weighted by atomic mass is 9.98. The minimum atomic E-state index is -0.666. The average Bonchev–Trinajstić information content (AvgIpc) is 2.75. The van der Waals surface area contributed by atoms with Gasteiger partial charge in [-0.3, -0.25) is 10.1 Å². The van der Waals surface area contributed by atoms with E-state index in [9.17, 15) is 4.79 Å². The average molecular weight is 292 g/mol. The van der Waals surface area contributed by atoms with Gasteiger partial charge in [0, 0.05) is 11.5 Å². The number of benzene rings is 1. The molecule has 7 heteroatoms. The highest BCUT2D eigenvalue weighted by Gasteiger charge is 2.24. The lowest BCUT2D eigenvalue weighted by molar-refractivity contribution is -0.116. The summed E-state index contributed by atoms with van der Waals surface area (Å²) in [4.78, 5) is 16.4. The van der Waals surface area contributed by atoms with Gasteiger partial charge in [-0.15, -0.1) is 0 Å². The minimum Gasteiger partial charge on any atom is -0.392 e. The molecule has 1 amide bonds. The van der Waals surface area contributed by atoms with Gasteiger partial charge in [0.05, 0.1) is 4.99 Å². The Bertz CT molecular complexity index is 597. The highest BCUT2D eigenvalue weighted by molar-refractivity contribution is 7.80. The van der Waals surface area contributed by atoms with Gasteiger partial charge < -0.3 is 5.73 Å². The van der Waals surface area contributed by atoms with Crippen LogP contribution in [0, 0.1) is 6.92 Å². The highest BCUT2D eigenvalue weighted by atomic mass is 32.1. The molecule has 19 heavy (non-hydrogen) atoms. The quantitative estimate of drug-likeness (QED) is 0.841. The van der Waals surface area contributed by atoms with Crippen molar-refractivity contribution < 1.29 is 4.79 Å². The number of amides is 1. The summed E-state index contributed by atoms with van der Waals surface area (Å²) in [6.07, 6.45) is 0. The Hall–Kier alpha value is -1.86. The molecule has 2 aromatic rings. The fraction of sp³-hybridized carbons (Fsp3) is 0.167. The van der Waals surface area contributed by atoms with E-state index in [2.05, 4.69) is 14.7 Å². The fourth-order valence-corrected chi connectivity index (χ4v) is 2.44. The van der Waals surface area contributed by atoms with Gasteiger partial charge in [0.25, 0.3) is 0 Å². The number of rotatable bonds is 4. The fourth-order valence-electron chi connectivity index (χ4n) is 1.62. The third-order valence-corrected chi connectivity index (χ3v) is 3.39. The number of nitrogens with zero attached hydrogens (tertiary/aromatic N) is 2. The van der Waals surface area contributed by atoms with E-state index in [0.717, 1.165) is 17.1 Å². The van der Waals surface area contributed by atoms with Crippen LogP contribution in [-0.2, 0) is 4.79 Å². The van der Waals surface area contributed by atoms with Crippen molar-refractivity contribution >= 4 is 39.8 Å². The molecular weight excluding hydrogens is 280 g/mol. The van der Waals surface area contributed by atoms with Crippen LogP contribution in [0.2, 0.25) is 0 Å². The molecule has 2 rings (SSSR count). The van der Waals surface area contributed by atoms with Crippen molar-refractivity contribution in [3.8, 4) is 0 Å². The third kappa shape index (κ3) is 3.33. The van der Waals surface area contributed by atoms with Gasteiger partial charge in [-0.25, -0.2) is 4.98 Å². The minimum absolute atomic E-state index is 0.130. The lowest BCUT2D eigenvalue weighted by Crippen LogP contribution is -2.31. The number of hydrogen-bond donors (Lipinski definition) is 2. The van der Waals surface area contributed by atoms with Gasteiger partial charge in [-0.1, -0.05) is 42.5 Å². The number of aromatic nitrogens is 2. The molecule has 0 aliphatic heterocycles. The number of nitrogens with one attached hydrogen (secondary N) is 1. The van der Waals surface area contributed by atoms with E-state index >= 15 is 0 Å². The van der Waals surface area contributed by atoms with Crippen molar-refractivity contribution in [2.75, 3.05) is 5.32 Å². The maximum Gasteiger partial charge on any atom is 0.240 e. The summed E-state index contributed by atoms with van der Waals surface area (Å²) in [6.45, 7) is 1.76. The maximum atomic E-state index is 12.2. The SMILES string of the molecule is Cc1nsc(NC(=O)C(C(N)=S)c2ccccc2)n1.